The van der Waals surface area contributed by atoms with Crippen molar-refractivity contribution in [1.29, 1.82) is 0 Å². The lowest BCUT2D eigenvalue weighted by Crippen LogP contribution is -2.13. The van der Waals surface area contributed by atoms with Gasteiger partial charge in [0.25, 0.3) is 0 Å². The smallest absolute Gasteiger partial charge is 0.234 e. The molecule has 1 aromatic heterocycles. The summed E-state index contributed by atoms with van der Waals surface area (Å²) in [5, 5.41) is 15.0. The fourth-order valence-corrected chi connectivity index (χ4v) is 4.37. The van der Waals surface area contributed by atoms with Gasteiger partial charge in [-0.1, -0.05) is 41.3 Å². The summed E-state index contributed by atoms with van der Waals surface area (Å²) in [5.41, 5.74) is 1.64. The molecule has 0 saturated heterocycles. The van der Waals surface area contributed by atoms with Gasteiger partial charge in [0.2, 0.25) is 11.0 Å². The zero-order chi connectivity index (χ0) is 22.9. The highest BCUT2D eigenvalue weighted by molar-refractivity contribution is 8.01. The maximum Gasteiger partial charge on any atom is 0.234 e. The van der Waals surface area contributed by atoms with Crippen molar-refractivity contribution in [3.05, 3.63) is 78.9 Å². The van der Waals surface area contributed by atoms with Crippen molar-refractivity contribution >= 4 is 45.5 Å². The van der Waals surface area contributed by atoms with Gasteiger partial charge < -0.3 is 20.1 Å². The van der Waals surface area contributed by atoms with E-state index in [-0.39, 0.29) is 11.7 Å². The zero-order valence-electron chi connectivity index (χ0n) is 17.9. The molecule has 9 heteroatoms. The van der Waals surface area contributed by atoms with E-state index in [1.165, 1.54) is 23.1 Å². The monoisotopic (exact) mass is 478 g/mol. The molecule has 2 N–H and O–H groups in total. The van der Waals surface area contributed by atoms with Gasteiger partial charge in [-0.15, -0.1) is 10.2 Å². The van der Waals surface area contributed by atoms with Gasteiger partial charge in [0.15, 0.2) is 4.34 Å². The van der Waals surface area contributed by atoms with Gasteiger partial charge >= 0.3 is 0 Å². The lowest BCUT2D eigenvalue weighted by molar-refractivity contribution is -0.113. The first-order valence-electron chi connectivity index (χ1n) is 10.3. The number of rotatable bonds is 10. The summed E-state index contributed by atoms with van der Waals surface area (Å²) >= 11 is 2.75. The molecule has 3 aromatic carbocycles. The van der Waals surface area contributed by atoms with Crippen LogP contribution in [0.15, 0.2) is 83.2 Å². The average Bonchev–Trinajstić information content (AvgIpc) is 3.28. The predicted octanol–water partition coefficient (Wildman–Crippen LogP) is 6.20. The first-order chi connectivity index (χ1) is 16.2. The van der Waals surface area contributed by atoms with Crippen molar-refractivity contribution in [2.24, 2.45) is 0 Å². The van der Waals surface area contributed by atoms with E-state index < -0.39 is 0 Å². The van der Waals surface area contributed by atoms with Gasteiger partial charge in [0.05, 0.1) is 12.4 Å². The van der Waals surface area contributed by atoms with Crippen LogP contribution < -0.4 is 20.1 Å². The molecule has 4 rings (SSSR count). The Balaban J connectivity index is 1.23. The van der Waals surface area contributed by atoms with Crippen LogP contribution in [0.4, 0.5) is 16.5 Å². The number of nitrogens with zero attached hydrogens (tertiary/aromatic N) is 2. The van der Waals surface area contributed by atoms with Crippen molar-refractivity contribution < 1.29 is 14.3 Å². The number of anilines is 3. The maximum absolute atomic E-state index is 12.3. The summed E-state index contributed by atoms with van der Waals surface area (Å²) in [4.78, 5) is 12.3. The molecular formula is C24H22N4O3S2. The zero-order valence-corrected chi connectivity index (χ0v) is 19.5. The number of amides is 1. The van der Waals surface area contributed by atoms with Gasteiger partial charge in [0, 0.05) is 11.4 Å². The number of para-hydroxylation sites is 1. The van der Waals surface area contributed by atoms with E-state index in [0.717, 1.165) is 15.8 Å². The number of thioether (sulfide) groups is 1. The molecule has 0 unspecified atom stereocenters. The lowest BCUT2D eigenvalue weighted by atomic mass is 10.3. The number of nitrogens with one attached hydrogen (secondary N) is 2. The lowest BCUT2D eigenvalue weighted by Gasteiger charge is -2.09. The molecular weight excluding hydrogens is 456 g/mol. The predicted molar refractivity (Wildman–Crippen MR) is 133 cm³/mol. The van der Waals surface area contributed by atoms with E-state index in [9.17, 15) is 4.79 Å². The minimum absolute atomic E-state index is 0.118. The molecule has 33 heavy (non-hydrogen) atoms. The fraction of sp³-hybridized carbons (Fsp3) is 0.125. The van der Waals surface area contributed by atoms with E-state index in [1.54, 1.807) is 12.1 Å². The van der Waals surface area contributed by atoms with Crippen LogP contribution >= 0.6 is 23.1 Å². The molecule has 0 atom stereocenters. The van der Waals surface area contributed by atoms with Crippen molar-refractivity contribution in [1.82, 2.24) is 10.2 Å². The van der Waals surface area contributed by atoms with Crippen LogP contribution in [0.1, 0.15) is 6.92 Å². The molecule has 0 saturated carbocycles. The Morgan fingerprint density at radius 1 is 0.879 bits per heavy atom. The van der Waals surface area contributed by atoms with Crippen LogP contribution in [0, 0.1) is 0 Å². The summed E-state index contributed by atoms with van der Waals surface area (Å²) in [5.74, 6) is 2.32. The molecule has 168 valence electrons. The van der Waals surface area contributed by atoms with Crippen molar-refractivity contribution in [2.75, 3.05) is 23.0 Å². The van der Waals surface area contributed by atoms with Crippen LogP contribution in [-0.2, 0) is 4.79 Å². The third-order valence-corrected chi connectivity index (χ3v) is 6.24. The highest BCUT2D eigenvalue weighted by Crippen LogP contribution is 2.28. The molecule has 0 radical (unpaired) electrons. The van der Waals surface area contributed by atoms with E-state index in [4.69, 9.17) is 9.47 Å². The summed E-state index contributed by atoms with van der Waals surface area (Å²) in [6, 6.07) is 24.4. The van der Waals surface area contributed by atoms with Crippen LogP contribution in [-0.4, -0.2) is 28.5 Å². The summed E-state index contributed by atoms with van der Waals surface area (Å²) in [6.07, 6.45) is 0. The quantitative estimate of drug-likeness (QED) is 0.262. The molecule has 0 bridgehead atoms. The van der Waals surface area contributed by atoms with E-state index in [1.807, 2.05) is 73.7 Å². The maximum atomic E-state index is 12.3. The molecule has 4 aromatic rings. The molecule has 0 aliphatic rings. The van der Waals surface area contributed by atoms with E-state index in [0.29, 0.717) is 28.9 Å². The second-order valence-corrected chi connectivity index (χ2v) is 8.93. The Morgan fingerprint density at radius 2 is 1.55 bits per heavy atom. The van der Waals surface area contributed by atoms with Crippen molar-refractivity contribution in [2.45, 2.75) is 11.3 Å². The highest BCUT2D eigenvalue weighted by atomic mass is 32.2. The summed E-state index contributed by atoms with van der Waals surface area (Å²) in [7, 11) is 0. The number of ether oxygens (including phenoxy) is 2. The number of hydrogen-bond acceptors (Lipinski definition) is 8. The molecule has 0 aliphatic carbocycles. The Morgan fingerprint density at radius 3 is 2.24 bits per heavy atom. The Bertz CT molecular complexity index is 1170. The van der Waals surface area contributed by atoms with Gasteiger partial charge in [0.1, 0.15) is 17.2 Å². The Kier molecular flexibility index (Phi) is 7.78. The molecule has 7 nitrogen and oxygen atoms in total. The second-order valence-electron chi connectivity index (χ2n) is 6.73. The summed E-state index contributed by atoms with van der Waals surface area (Å²) < 4.78 is 12.0. The Hall–Kier alpha value is -3.56. The van der Waals surface area contributed by atoms with Gasteiger partial charge in [-0.25, -0.2) is 0 Å². The number of aromatic nitrogens is 2. The third kappa shape index (κ3) is 6.96. The number of carbonyl (C=O) groups is 1. The van der Waals surface area contributed by atoms with Gasteiger partial charge in [-0.3, -0.25) is 4.79 Å². The largest absolute Gasteiger partial charge is 0.494 e. The normalized spacial score (nSPS) is 10.5. The average molecular weight is 479 g/mol. The van der Waals surface area contributed by atoms with E-state index >= 15 is 0 Å². The third-order valence-electron chi connectivity index (χ3n) is 4.27. The minimum atomic E-state index is -0.118. The highest BCUT2D eigenvalue weighted by Gasteiger charge is 2.09. The van der Waals surface area contributed by atoms with Gasteiger partial charge in [-0.05, 0) is 67.6 Å². The van der Waals surface area contributed by atoms with E-state index in [2.05, 4.69) is 20.8 Å². The Labute approximate surface area is 200 Å². The fourth-order valence-electron chi connectivity index (χ4n) is 2.80. The molecule has 0 fully saturated rings. The molecule has 1 amide bonds. The SMILES string of the molecule is CCOc1ccc(Oc2ccc(NC(=O)CSc3nnc(Nc4ccccc4)s3)cc2)cc1. The topological polar surface area (TPSA) is 85.4 Å². The van der Waals surface area contributed by atoms with Crippen LogP contribution in [0.25, 0.3) is 0 Å². The molecule has 0 spiro atoms. The first-order valence-corrected chi connectivity index (χ1v) is 12.1. The number of hydrogen-bond donors (Lipinski definition) is 2. The van der Waals surface area contributed by atoms with Crippen molar-refractivity contribution in [3.63, 3.8) is 0 Å². The number of carbonyl (C=O) groups excluding carboxylic acids is 1. The molecule has 0 aliphatic heterocycles. The van der Waals surface area contributed by atoms with Gasteiger partial charge in [-0.2, -0.15) is 0 Å². The molecule has 1 heterocycles. The standard InChI is InChI=1S/C24H22N4O3S2/c1-2-30-19-12-14-21(15-13-19)31-20-10-8-18(9-11-20)25-22(29)16-32-24-28-27-23(33-24)26-17-6-4-3-5-7-17/h3-15H,2,16H2,1H3,(H,25,29)(H,26,27). The minimum Gasteiger partial charge on any atom is -0.494 e. The van der Waals surface area contributed by atoms with Crippen LogP contribution in [0.5, 0.6) is 17.2 Å². The number of benzene rings is 3. The second kappa shape index (κ2) is 11.3. The summed E-state index contributed by atoms with van der Waals surface area (Å²) in [6.45, 7) is 2.57. The van der Waals surface area contributed by atoms with Crippen LogP contribution in [0.2, 0.25) is 0 Å². The van der Waals surface area contributed by atoms with Crippen molar-refractivity contribution in [3.8, 4) is 17.2 Å². The first kappa shape index (κ1) is 22.6. The van der Waals surface area contributed by atoms with Crippen LogP contribution in [0.3, 0.4) is 0 Å².